The fourth-order valence-corrected chi connectivity index (χ4v) is 2.87. The third-order valence-corrected chi connectivity index (χ3v) is 4.25. The van der Waals surface area contributed by atoms with E-state index in [0.717, 1.165) is 10.0 Å². The van der Waals surface area contributed by atoms with Crippen molar-refractivity contribution < 1.29 is 9.90 Å². The zero-order valence-electron chi connectivity index (χ0n) is 12.0. The van der Waals surface area contributed by atoms with E-state index in [-0.39, 0.29) is 0 Å². The Morgan fingerprint density at radius 2 is 2.10 bits per heavy atom. The number of tetrazole rings is 1. The van der Waals surface area contributed by atoms with E-state index in [1.54, 1.807) is 0 Å². The maximum absolute atomic E-state index is 11.7. The number of nitrogens with zero attached hydrogens (tertiary/aromatic N) is 4. The monoisotopic (exact) mass is 352 g/mol. The van der Waals surface area contributed by atoms with Gasteiger partial charge in [-0.15, -0.1) is 5.10 Å². The molecule has 0 amide bonds. The number of carboxylic acids is 1. The molecular weight excluding hydrogens is 336 g/mol. The molecule has 0 atom stereocenters. The number of hydrogen-bond donors (Lipinski definition) is 1. The van der Waals surface area contributed by atoms with E-state index in [9.17, 15) is 9.90 Å². The summed E-state index contributed by atoms with van der Waals surface area (Å²) in [6.45, 7) is 3.67. The van der Waals surface area contributed by atoms with Crippen LogP contribution in [0.3, 0.4) is 0 Å². The number of benzene rings is 1. The lowest BCUT2D eigenvalue weighted by Crippen LogP contribution is -2.42. The van der Waals surface area contributed by atoms with Crippen LogP contribution in [0.25, 0.3) is 0 Å². The van der Waals surface area contributed by atoms with Crippen LogP contribution in [0, 0.1) is 0 Å². The normalized spacial score (nSPS) is 11.6. The van der Waals surface area contributed by atoms with Gasteiger partial charge in [-0.2, -0.15) is 0 Å². The SMILES string of the molecule is CCC(CC)(C(=O)O)n1nnnc1Cc1cccc(Br)c1. The molecule has 0 aliphatic carbocycles. The Labute approximate surface area is 131 Å². The highest BCUT2D eigenvalue weighted by Gasteiger charge is 2.40. The van der Waals surface area contributed by atoms with E-state index in [0.29, 0.717) is 25.1 Å². The molecule has 0 unspecified atom stereocenters. The van der Waals surface area contributed by atoms with Gasteiger partial charge in [-0.1, -0.05) is 41.9 Å². The van der Waals surface area contributed by atoms with Crippen molar-refractivity contribution in [2.75, 3.05) is 0 Å². The van der Waals surface area contributed by atoms with Crippen molar-refractivity contribution in [3.05, 3.63) is 40.1 Å². The number of aliphatic carboxylic acids is 1. The Morgan fingerprint density at radius 3 is 2.67 bits per heavy atom. The quantitative estimate of drug-likeness (QED) is 0.864. The number of aromatic nitrogens is 4. The summed E-state index contributed by atoms with van der Waals surface area (Å²) in [5.74, 6) is -0.352. The molecule has 0 bridgehead atoms. The van der Waals surface area contributed by atoms with Crippen LogP contribution in [-0.4, -0.2) is 31.3 Å². The molecule has 1 aromatic heterocycles. The van der Waals surface area contributed by atoms with Gasteiger partial charge in [-0.05, 0) is 41.0 Å². The van der Waals surface area contributed by atoms with Gasteiger partial charge in [0.1, 0.15) is 0 Å². The minimum atomic E-state index is -1.09. The topological polar surface area (TPSA) is 80.9 Å². The molecule has 21 heavy (non-hydrogen) atoms. The number of hydrogen-bond acceptors (Lipinski definition) is 4. The molecule has 7 heteroatoms. The predicted molar refractivity (Wildman–Crippen MR) is 81.0 cm³/mol. The Morgan fingerprint density at radius 1 is 1.38 bits per heavy atom. The number of carbonyl (C=O) groups is 1. The smallest absolute Gasteiger partial charge is 0.331 e. The highest BCUT2D eigenvalue weighted by Crippen LogP contribution is 2.26. The van der Waals surface area contributed by atoms with Crippen LogP contribution in [0.5, 0.6) is 0 Å². The standard InChI is InChI=1S/C14H17BrN4O2/c1-3-14(4-2,13(20)21)19-12(16-17-18-19)9-10-6-5-7-11(15)8-10/h5-8H,3-4,9H2,1-2H3,(H,20,21). The van der Waals surface area contributed by atoms with Crippen LogP contribution in [0.4, 0.5) is 0 Å². The van der Waals surface area contributed by atoms with Gasteiger partial charge in [-0.3, -0.25) is 0 Å². The summed E-state index contributed by atoms with van der Waals surface area (Å²) in [5, 5.41) is 21.2. The second-order valence-electron chi connectivity index (χ2n) is 4.86. The van der Waals surface area contributed by atoms with Gasteiger partial charge in [0, 0.05) is 10.9 Å². The molecule has 0 saturated carbocycles. The molecule has 2 rings (SSSR count). The minimum Gasteiger partial charge on any atom is -0.479 e. The molecule has 6 nitrogen and oxygen atoms in total. The maximum atomic E-state index is 11.7. The Balaban J connectivity index is 2.40. The minimum absolute atomic E-state index is 0.426. The van der Waals surface area contributed by atoms with Gasteiger partial charge in [0.25, 0.3) is 0 Å². The van der Waals surface area contributed by atoms with Crippen LogP contribution in [0.1, 0.15) is 38.1 Å². The Bertz CT molecular complexity index is 637. The zero-order chi connectivity index (χ0) is 15.5. The van der Waals surface area contributed by atoms with Gasteiger partial charge in [-0.25, -0.2) is 9.48 Å². The third-order valence-electron chi connectivity index (χ3n) is 3.76. The van der Waals surface area contributed by atoms with Gasteiger partial charge >= 0.3 is 5.97 Å². The van der Waals surface area contributed by atoms with Gasteiger partial charge < -0.3 is 5.11 Å². The summed E-state index contributed by atoms with van der Waals surface area (Å²) >= 11 is 3.42. The number of halogens is 1. The number of carboxylic acid groups (broad SMARTS) is 1. The maximum Gasteiger partial charge on any atom is 0.331 e. The van der Waals surface area contributed by atoms with Crippen molar-refractivity contribution in [3.63, 3.8) is 0 Å². The van der Waals surface area contributed by atoms with Crippen molar-refractivity contribution in [1.29, 1.82) is 0 Å². The first kappa shape index (κ1) is 15.6. The van der Waals surface area contributed by atoms with E-state index >= 15 is 0 Å². The van der Waals surface area contributed by atoms with Crippen LogP contribution >= 0.6 is 15.9 Å². The van der Waals surface area contributed by atoms with E-state index in [1.807, 2.05) is 38.1 Å². The first-order chi connectivity index (χ1) is 10.0. The van der Waals surface area contributed by atoms with Crippen molar-refractivity contribution >= 4 is 21.9 Å². The van der Waals surface area contributed by atoms with Crippen molar-refractivity contribution in [3.8, 4) is 0 Å². The molecule has 112 valence electrons. The van der Waals surface area contributed by atoms with E-state index in [1.165, 1.54) is 4.68 Å². The average molecular weight is 353 g/mol. The molecule has 1 aromatic carbocycles. The predicted octanol–water partition coefficient (Wildman–Crippen LogP) is 2.63. The molecule has 0 fully saturated rings. The van der Waals surface area contributed by atoms with Crippen LogP contribution in [0.2, 0.25) is 0 Å². The second-order valence-corrected chi connectivity index (χ2v) is 5.77. The highest BCUT2D eigenvalue weighted by molar-refractivity contribution is 9.10. The first-order valence-corrected chi connectivity index (χ1v) is 7.58. The molecule has 0 spiro atoms. The zero-order valence-corrected chi connectivity index (χ0v) is 13.5. The lowest BCUT2D eigenvalue weighted by atomic mass is 9.93. The van der Waals surface area contributed by atoms with Gasteiger partial charge in [0.05, 0.1) is 0 Å². The molecule has 0 saturated heterocycles. The third kappa shape index (κ3) is 2.97. The van der Waals surface area contributed by atoms with Gasteiger partial charge in [0.15, 0.2) is 11.4 Å². The van der Waals surface area contributed by atoms with Crippen LogP contribution < -0.4 is 0 Å². The highest BCUT2D eigenvalue weighted by atomic mass is 79.9. The molecule has 0 aliphatic rings. The second kappa shape index (κ2) is 6.34. The van der Waals surface area contributed by atoms with Gasteiger partial charge in [0.2, 0.25) is 0 Å². The van der Waals surface area contributed by atoms with E-state index < -0.39 is 11.5 Å². The summed E-state index contributed by atoms with van der Waals surface area (Å²) in [6.07, 6.45) is 1.34. The Hall–Kier alpha value is -1.76. The van der Waals surface area contributed by atoms with E-state index in [2.05, 4.69) is 31.5 Å². The summed E-state index contributed by atoms with van der Waals surface area (Å²) in [5.41, 5.74) is -0.0721. The van der Waals surface area contributed by atoms with Crippen LogP contribution in [0.15, 0.2) is 28.7 Å². The molecule has 0 aliphatic heterocycles. The summed E-state index contributed by atoms with van der Waals surface area (Å²) in [4.78, 5) is 11.7. The first-order valence-electron chi connectivity index (χ1n) is 6.79. The largest absolute Gasteiger partial charge is 0.479 e. The average Bonchev–Trinajstić information content (AvgIpc) is 2.89. The molecule has 0 radical (unpaired) electrons. The Kier molecular flexibility index (Phi) is 4.72. The van der Waals surface area contributed by atoms with Crippen molar-refractivity contribution in [2.24, 2.45) is 0 Å². The molecule has 2 aromatic rings. The summed E-state index contributed by atoms with van der Waals surface area (Å²) in [6, 6.07) is 7.80. The molecular formula is C14H17BrN4O2. The number of rotatable bonds is 6. The lowest BCUT2D eigenvalue weighted by molar-refractivity contribution is -0.148. The summed E-state index contributed by atoms with van der Waals surface area (Å²) < 4.78 is 2.42. The van der Waals surface area contributed by atoms with Crippen LogP contribution in [-0.2, 0) is 16.8 Å². The van der Waals surface area contributed by atoms with Crippen molar-refractivity contribution in [1.82, 2.24) is 20.2 Å². The molecule has 1 N–H and O–H groups in total. The lowest BCUT2D eigenvalue weighted by Gasteiger charge is -2.27. The van der Waals surface area contributed by atoms with E-state index in [4.69, 9.17) is 0 Å². The van der Waals surface area contributed by atoms with Crippen molar-refractivity contribution in [2.45, 2.75) is 38.6 Å². The summed E-state index contributed by atoms with van der Waals surface area (Å²) in [7, 11) is 0. The fourth-order valence-electron chi connectivity index (χ4n) is 2.42. The molecule has 1 heterocycles. The fraction of sp³-hybridized carbons (Fsp3) is 0.429.